The van der Waals surface area contributed by atoms with Gasteiger partial charge in [-0.15, -0.1) is 0 Å². The van der Waals surface area contributed by atoms with Gasteiger partial charge < -0.3 is 22.1 Å². The summed E-state index contributed by atoms with van der Waals surface area (Å²) in [5.41, 5.74) is 11.2. The first-order valence-corrected chi connectivity index (χ1v) is 21.9. The number of nitrogens with one attached hydrogen (secondary N) is 3. The van der Waals surface area contributed by atoms with E-state index >= 15 is 0 Å². The average Bonchev–Trinajstić information content (AvgIpc) is 3.13. The molecule has 0 fully saturated rings. The van der Waals surface area contributed by atoms with E-state index in [-0.39, 0.29) is 31.8 Å². The molecule has 0 aromatic rings. The topological polar surface area (TPSA) is 171 Å². The number of guanidine groups is 1. The summed E-state index contributed by atoms with van der Waals surface area (Å²) in [6.45, 7) is 4.93. The minimum absolute atomic E-state index is 0.000265. The largest absolute Gasteiger partial charge is 0.370 e. The number of hydrogen-bond acceptors (Lipinski definition) is 6. The standard InChI is InChI=1S/C43H82N6O4/c1-3-5-7-9-11-13-15-17-18-20-22-24-26-28-30-34-40(51)49(41(52)35-37-47-42(53)38(44)32-31-36-48-43(45)46)39(50)33-29-27-25-23-21-19-16-14-12-10-8-6-4-2/h17-18,38H,3-16,19-37,44H2,1-2H3,(H,47,53)(H4,45,46,48)/b18-17-/t38-/m0/s1. The Morgan fingerprint density at radius 2 is 0.906 bits per heavy atom. The molecule has 0 radical (unpaired) electrons. The number of allylic oxidation sites excluding steroid dienone is 2. The first-order chi connectivity index (χ1) is 25.7. The van der Waals surface area contributed by atoms with Gasteiger partial charge in [0.2, 0.25) is 23.6 Å². The molecule has 0 unspecified atom stereocenters. The maximum Gasteiger partial charge on any atom is 0.237 e. The van der Waals surface area contributed by atoms with E-state index in [1.165, 1.54) is 103 Å². The number of imide groups is 3. The number of nitrogens with two attached hydrogens (primary N) is 2. The molecule has 0 aliphatic heterocycles. The van der Waals surface area contributed by atoms with E-state index in [4.69, 9.17) is 16.9 Å². The highest BCUT2D eigenvalue weighted by atomic mass is 16.2. The Bertz CT molecular complexity index is 972. The number of rotatable bonds is 37. The van der Waals surface area contributed by atoms with Gasteiger partial charge in [-0.1, -0.05) is 154 Å². The number of unbranched alkanes of at least 4 members (excludes halogenated alkanes) is 23. The lowest BCUT2D eigenvalue weighted by Gasteiger charge is -2.20. The van der Waals surface area contributed by atoms with Crippen LogP contribution in [0.3, 0.4) is 0 Å². The summed E-state index contributed by atoms with van der Waals surface area (Å²) in [7, 11) is 0. The second-order valence-electron chi connectivity index (χ2n) is 15.0. The molecule has 0 aromatic heterocycles. The van der Waals surface area contributed by atoms with Crippen molar-refractivity contribution in [3.05, 3.63) is 12.2 Å². The Labute approximate surface area is 324 Å². The van der Waals surface area contributed by atoms with Crippen LogP contribution < -0.4 is 22.1 Å². The van der Waals surface area contributed by atoms with Gasteiger partial charge in [-0.05, 0) is 51.4 Å². The van der Waals surface area contributed by atoms with E-state index in [2.05, 4.69) is 36.6 Å². The Morgan fingerprint density at radius 1 is 0.528 bits per heavy atom. The Morgan fingerprint density at radius 3 is 1.32 bits per heavy atom. The fourth-order valence-corrected chi connectivity index (χ4v) is 6.49. The van der Waals surface area contributed by atoms with Crippen molar-refractivity contribution < 1.29 is 19.2 Å². The van der Waals surface area contributed by atoms with E-state index in [1.54, 1.807) is 0 Å². The predicted molar refractivity (Wildman–Crippen MR) is 221 cm³/mol. The van der Waals surface area contributed by atoms with E-state index in [9.17, 15) is 19.2 Å². The number of carbonyl (C=O) groups excluding carboxylic acids is 4. The van der Waals surface area contributed by atoms with Crippen LogP contribution in [0.25, 0.3) is 0 Å². The van der Waals surface area contributed by atoms with E-state index in [0.29, 0.717) is 32.2 Å². The highest BCUT2D eigenvalue weighted by molar-refractivity contribution is 6.10. The molecule has 0 aromatic carbocycles. The zero-order valence-electron chi connectivity index (χ0n) is 34.3. The van der Waals surface area contributed by atoms with Crippen molar-refractivity contribution in [1.82, 2.24) is 15.5 Å². The highest BCUT2D eigenvalue weighted by Crippen LogP contribution is 2.15. The van der Waals surface area contributed by atoms with Gasteiger partial charge in [0.25, 0.3) is 0 Å². The van der Waals surface area contributed by atoms with Crippen molar-refractivity contribution in [2.75, 3.05) is 13.1 Å². The molecular formula is C43H82N6O4. The molecule has 1 atom stereocenters. The summed E-state index contributed by atoms with van der Waals surface area (Å²) >= 11 is 0. The second kappa shape index (κ2) is 37.6. The molecule has 10 heteroatoms. The quantitative estimate of drug-likeness (QED) is 0.0182. The van der Waals surface area contributed by atoms with Crippen LogP contribution in [0.4, 0.5) is 0 Å². The lowest BCUT2D eigenvalue weighted by atomic mass is 10.0. The lowest BCUT2D eigenvalue weighted by molar-refractivity contribution is -0.154. The van der Waals surface area contributed by atoms with Crippen LogP contribution in [-0.2, 0) is 19.2 Å². The number of amides is 4. The summed E-state index contributed by atoms with van der Waals surface area (Å²) in [6.07, 6.45) is 36.3. The molecule has 53 heavy (non-hydrogen) atoms. The van der Waals surface area contributed by atoms with Gasteiger partial charge in [0.15, 0.2) is 5.96 Å². The fourth-order valence-electron chi connectivity index (χ4n) is 6.49. The molecule has 4 amide bonds. The van der Waals surface area contributed by atoms with Crippen LogP contribution in [-0.4, -0.2) is 53.6 Å². The van der Waals surface area contributed by atoms with E-state index in [1.807, 2.05) is 0 Å². The lowest BCUT2D eigenvalue weighted by Crippen LogP contribution is -2.45. The molecule has 0 rings (SSSR count). The minimum Gasteiger partial charge on any atom is -0.370 e. The summed E-state index contributed by atoms with van der Waals surface area (Å²) < 4.78 is 0. The monoisotopic (exact) mass is 747 g/mol. The van der Waals surface area contributed by atoms with Crippen LogP contribution in [0.1, 0.15) is 213 Å². The zero-order chi connectivity index (χ0) is 39.2. The van der Waals surface area contributed by atoms with Crippen molar-refractivity contribution in [3.63, 3.8) is 0 Å². The van der Waals surface area contributed by atoms with Gasteiger partial charge in [0.1, 0.15) is 0 Å². The van der Waals surface area contributed by atoms with Crippen LogP contribution in [0.2, 0.25) is 0 Å². The number of hydrogen-bond donors (Lipinski definition) is 5. The van der Waals surface area contributed by atoms with Crippen LogP contribution in [0, 0.1) is 5.41 Å². The summed E-state index contributed by atoms with van der Waals surface area (Å²) in [5, 5.41) is 12.5. The Kier molecular flexibility index (Phi) is 35.6. The Hall–Kier alpha value is -2.75. The smallest absolute Gasteiger partial charge is 0.237 e. The average molecular weight is 747 g/mol. The van der Waals surface area contributed by atoms with Gasteiger partial charge in [-0.2, -0.15) is 0 Å². The van der Waals surface area contributed by atoms with E-state index < -0.39 is 29.7 Å². The summed E-state index contributed by atoms with van der Waals surface area (Å²) in [6, 6.07) is -0.769. The normalized spacial score (nSPS) is 11.8. The molecule has 0 aliphatic carbocycles. The molecule has 0 heterocycles. The zero-order valence-corrected chi connectivity index (χ0v) is 34.3. The third kappa shape index (κ3) is 32.4. The molecule has 0 aliphatic rings. The van der Waals surface area contributed by atoms with Gasteiger partial charge in [-0.25, -0.2) is 4.90 Å². The van der Waals surface area contributed by atoms with Gasteiger partial charge in [-0.3, -0.25) is 24.6 Å². The number of carbonyl (C=O) groups is 4. The highest BCUT2D eigenvalue weighted by Gasteiger charge is 2.27. The molecular weight excluding hydrogens is 665 g/mol. The molecule has 0 spiro atoms. The van der Waals surface area contributed by atoms with Gasteiger partial charge in [0.05, 0.1) is 6.04 Å². The third-order valence-electron chi connectivity index (χ3n) is 9.88. The first-order valence-electron chi connectivity index (χ1n) is 21.9. The van der Waals surface area contributed by atoms with Crippen molar-refractivity contribution >= 4 is 29.6 Å². The SMILES string of the molecule is CCCCCCCC/C=C\CCCCCCCC(=O)N(C(=O)CCCCCCCCCCCCCCC)C(=O)CCNC(=O)[C@@H](N)CCCNC(=N)N. The predicted octanol–water partition coefficient (Wildman–Crippen LogP) is 9.48. The van der Waals surface area contributed by atoms with Crippen molar-refractivity contribution in [1.29, 1.82) is 5.41 Å². The maximum absolute atomic E-state index is 13.2. The fraction of sp³-hybridized carbons (Fsp3) is 0.837. The van der Waals surface area contributed by atoms with Crippen LogP contribution in [0.15, 0.2) is 12.2 Å². The van der Waals surface area contributed by atoms with Gasteiger partial charge in [0, 0.05) is 32.4 Å². The van der Waals surface area contributed by atoms with Crippen molar-refractivity contribution in [3.8, 4) is 0 Å². The maximum atomic E-state index is 13.2. The molecule has 0 saturated heterocycles. The summed E-state index contributed by atoms with van der Waals surface area (Å²) in [4.78, 5) is 52.9. The number of nitrogens with zero attached hydrogens (tertiary/aromatic N) is 1. The second-order valence-corrected chi connectivity index (χ2v) is 15.0. The molecule has 308 valence electrons. The minimum atomic E-state index is -0.769. The van der Waals surface area contributed by atoms with Crippen molar-refractivity contribution in [2.45, 2.75) is 219 Å². The van der Waals surface area contributed by atoms with Crippen molar-refractivity contribution in [2.24, 2.45) is 11.5 Å². The van der Waals surface area contributed by atoms with E-state index in [0.717, 1.165) is 56.3 Å². The summed E-state index contributed by atoms with van der Waals surface area (Å²) in [5.74, 6) is -1.97. The molecule has 0 saturated carbocycles. The third-order valence-corrected chi connectivity index (χ3v) is 9.88. The first kappa shape index (κ1) is 50.2. The molecule has 7 N–H and O–H groups in total. The van der Waals surface area contributed by atoms with Crippen LogP contribution in [0.5, 0.6) is 0 Å². The Balaban J connectivity index is 4.60. The van der Waals surface area contributed by atoms with Gasteiger partial charge >= 0.3 is 0 Å². The molecule has 10 nitrogen and oxygen atoms in total. The molecule has 0 bridgehead atoms. The van der Waals surface area contributed by atoms with Crippen LogP contribution >= 0.6 is 0 Å².